The first-order chi connectivity index (χ1) is 7.66. The van der Waals surface area contributed by atoms with E-state index in [1.54, 1.807) is 24.3 Å². The highest BCUT2D eigenvalue weighted by Gasteiger charge is 2.07. The van der Waals surface area contributed by atoms with Crippen LogP contribution in [0.5, 0.6) is 11.8 Å². The summed E-state index contributed by atoms with van der Waals surface area (Å²) in [5.41, 5.74) is 5.49. The molecule has 0 unspecified atom stereocenters. The smallest absolute Gasteiger partial charge is 0.323 e. The molecule has 1 aromatic heterocycles. The highest BCUT2D eigenvalue weighted by molar-refractivity contribution is 6.42. The summed E-state index contributed by atoms with van der Waals surface area (Å²) >= 11 is 11.8. The largest absolute Gasteiger partial charge is 0.423 e. The fraction of sp³-hybridized carbons (Fsp3) is 0. The van der Waals surface area contributed by atoms with Crippen molar-refractivity contribution in [3.05, 3.63) is 40.5 Å². The van der Waals surface area contributed by atoms with Crippen molar-refractivity contribution < 1.29 is 4.74 Å². The highest BCUT2D eigenvalue weighted by Crippen LogP contribution is 2.33. The Balaban J connectivity index is 2.31. The number of hydrogen-bond acceptors (Lipinski definition) is 4. The summed E-state index contributed by atoms with van der Waals surface area (Å²) in [5.74, 6) is 0.711. The molecular weight excluding hydrogens is 249 g/mol. The normalized spacial score (nSPS) is 10.1. The molecule has 2 rings (SSSR count). The van der Waals surface area contributed by atoms with E-state index < -0.39 is 0 Å². The van der Waals surface area contributed by atoms with Crippen molar-refractivity contribution in [2.24, 2.45) is 0 Å². The Morgan fingerprint density at radius 2 is 2.00 bits per heavy atom. The number of rotatable bonds is 2. The first-order valence-corrected chi connectivity index (χ1v) is 5.13. The van der Waals surface area contributed by atoms with Gasteiger partial charge >= 0.3 is 6.01 Å². The van der Waals surface area contributed by atoms with E-state index in [-0.39, 0.29) is 6.01 Å². The average molecular weight is 256 g/mol. The van der Waals surface area contributed by atoms with E-state index in [2.05, 4.69) is 9.97 Å². The summed E-state index contributed by atoms with van der Waals surface area (Å²) in [4.78, 5) is 7.77. The molecule has 0 aliphatic rings. The lowest BCUT2D eigenvalue weighted by Crippen LogP contribution is -1.96. The highest BCUT2D eigenvalue weighted by atomic mass is 35.5. The third-order valence-electron chi connectivity index (χ3n) is 1.77. The maximum Gasteiger partial charge on any atom is 0.323 e. The van der Waals surface area contributed by atoms with Crippen LogP contribution in [0.25, 0.3) is 0 Å². The zero-order chi connectivity index (χ0) is 11.5. The number of nitrogen functional groups attached to an aromatic ring is 1. The fourth-order valence-electron chi connectivity index (χ4n) is 1.06. The molecule has 0 fully saturated rings. The maximum absolute atomic E-state index is 5.94. The van der Waals surface area contributed by atoms with Gasteiger partial charge in [0.15, 0.2) is 5.75 Å². The van der Waals surface area contributed by atoms with Crippen LogP contribution >= 0.6 is 23.2 Å². The minimum Gasteiger partial charge on any atom is -0.423 e. The molecule has 0 radical (unpaired) electrons. The van der Waals surface area contributed by atoms with Gasteiger partial charge in [0.25, 0.3) is 0 Å². The molecule has 0 saturated carbocycles. The van der Waals surface area contributed by atoms with Crippen molar-refractivity contribution >= 4 is 29.0 Å². The second-order valence-corrected chi connectivity index (χ2v) is 3.70. The van der Waals surface area contributed by atoms with E-state index in [0.29, 0.717) is 21.6 Å². The van der Waals surface area contributed by atoms with Crippen molar-refractivity contribution in [1.29, 1.82) is 0 Å². The minimum atomic E-state index is 0.129. The van der Waals surface area contributed by atoms with E-state index in [1.165, 1.54) is 6.20 Å². The quantitative estimate of drug-likeness (QED) is 0.896. The molecule has 1 aromatic carbocycles. The third-order valence-corrected chi connectivity index (χ3v) is 2.57. The molecule has 0 aliphatic carbocycles. The number of anilines is 1. The van der Waals surface area contributed by atoms with Crippen LogP contribution in [0.3, 0.4) is 0 Å². The van der Waals surface area contributed by atoms with Crippen molar-refractivity contribution in [1.82, 2.24) is 9.97 Å². The molecule has 2 aromatic rings. The third kappa shape index (κ3) is 2.35. The number of halogens is 2. The molecule has 0 spiro atoms. The van der Waals surface area contributed by atoms with E-state index >= 15 is 0 Å². The van der Waals surface area contributed by atoms with Gasteiger partial charge in [-0.3, -0.25) is 0 Å². The Bertz CT molecular complexity index is 519. The number of nitrogens with two attached hydrogens (primary N) is 1. The molecule has 0 aliphatic heterocycles. The zero-order valence-electron chi connectivity index (χ0n) is 8.02. The Morgan fingerprint density at radius 3 is 2.75 bits per heavy atom. The Kier molecular flexibility index (Phi) is 3.12. The molecule has 0 amide bonds. The molecule has 16 heavy (non-hydrogen) atoms. The van der Waals surface area contributed by atoms with Crippen molar-refractivity contribution in [3.63, 3.8) is 0 Å². The van der Waals surface area contributed by atoms with Crippen LogP contribution in [0, 0.1) is 0 Å². The van der Waals surface area contributed by atoms with Gasteiger partial charge in [0.2, 0.25) is 0 Å². The molecule has 2 N–H and O–H groups in total. The summed E-state index contributed by atoms with van der Waals surface area (Å²) in [5, 5.41) is 0.721. The van der Waals surface area contributed by atoms with Crippen LogP contribution in [-0.4, -0.2) is 9.97 Å². The van der Waals surface area contributed by atoms with Crippen molar-refractivity contribution in [2.45, 2.75) is 0 Å². The second kappa shape index (κ2) is 4.55. The van der Waals surface area contributed by atoms with E-state index in [0.717, 1.165) is 0 Å². The van der Waals surface area contributed by atoms with E-state index in [9.17, 15) is 0 Å². The van der Waals surface area contributed by atoms with Gasteiger partial charge in [-0.25, -0.2) is 4.98 Å². The summed E-state index contributed by atoms with van der Waals surface area (Å²) in [6.45, 7) is 0. The summed E-state index contributed by atoms with van der Waals surface area (Å²) in [6, 6.07) is 6.74. The molecule has 82 valence electrons. The van der Waals surface area contributed by atoms with Crippen molar-refractivity contribution in [3.8, 4) is 11.8 Å². The number of benzene rings is 1. The maximum atomic E-state index is 5.94. The SMILES string of the molecule is Nc1ccnc(Oc2cccc(Cl)c2Cl)n1. The van der Waals surface area contributed by atoms with Crippen LogP contribution in [0.15, 0.2) is 30.5 Å². The molecule has 0 atom stereocenters. The molecular formula is C10H7Cl2N3O. The van der Waals surface area contributed by atoms with Crippen LogP contribution < -0.4 is 10.5 Å². The molecule has 0 saturated heterocycles. The minimum absolute atomic E-state index is 0.129. The number of nitrogens with zero attached hydrogens (tertiary/aromatic N) is 2. The first kappa shape index (κ1) is 11.0. The van der Waals surface area contributed by atoms with Gasteiger partial charge in [0, 0.05) is 6.20 Å². The Hall–Kier alpha value is -1.52. The van der Waals surface area contributed by atoms with Crippen molar-refractivity contribution in [2.75, 3.05) is 5.73 Å². The number of hydrogen-bond donors (Lipinski definition) is 1. The van der Waals surface area contributed by atoms with Gasteiger partial charge in [0.1, 0.15) is 10.8 Å². The standard InChI is InChI=1S/C10H7Cl2N3O/c11-6-2-1-3-7(9(6)12)16-10-14-5-4-8(13)15-10/h1-5H,(H2,13,14,15). The Labute approximate surface area is 102 Å². The molecule has 1 heterocycles. The lowest BCUT2D eigenvalue weighted by atomic mass is 10.3. The van der Waals surface area contributed by atoms with E-state index in [1.807, 2.05) is 0 Å². The molecule has 0 bridgehead atoms. The molecule has 6 heteroatoms. The van der Waals surface area contributed by atoms with Gasteiger partial charge in [0.05, 0.1) is 5.02 Å². The lowest BCUT2D eigenvalue weighted by molar-refractivity contribution is 0.443. The van der Waals surface area contributed by atoms with Gasteiger partial charge < -0.3 is 10.5 Å². The van der Waals surface area contributed by atoms with Gasteiger partial charge in [-0.15, -0.1) is 0 Å². The lowest BCUT2D eigenvalue weighted by Gasteiger charge is -2.06. The topological polar surface area (TPSA) is 61.0 Å². The number of ether oxygens (including phenoxy) is 1. The van der Waals surface area contributed by atoms with Crippen LogP contribution in [-0.2, 0) is 0 Å². The van der Waals surface area contributed by atoms with Gasteiger partial charge in [-0.1, -0.05) is 29.3 Å². The van der Waals surface area contributed by atoms with Crippen LogP contribution in [0.4, 0.5) is 5.82 Å². The predicted molar refractivity (Wildman–Crippen MR) is 63.0 cm³/mol. The fourth-order valence-corrected chi connectivity index (χ4v) is 1.39. The Morgan fingerprint density at radius 1 is 1.19 bits per heavy atom. The monoisotopic (exact) mass is 255 g/mol. The van der Waals surface area contributed by atoms with Gasteiger partial charge in [-0.05, 0) is 18.2 Å². The van der Waals surface area contributed by atoms with Gasteiger partial charge in [-0.2, -0.15) is 4.98 Å². The van der Waals surface area contributed by atoms with Crippen LogP contribution in [0.2, 0.25) is 10.0 Å². The number of aromatic nitrogens is 2. The average Bonchev–Trinajstić information content (AvgIpc) is 2.25. The second-order valence-electron chi connectivity index (χ2n) is 2.92. The van der Waals surface area contributed by atoms with E-state index in [4.69, 9.17) is 33.7 Å². The summed E-state index contributed by atoms with van der Waals surface area (Å²) < 4.78 is 5.35. The zero-order valence-corrected chi connectivity index (χ0v) is 9.53. The first-order valence-electron chi connectivity index (χ1n) is 4.37. The molecule has 4 nitrogen and oxygen atoms in total. The summed E-state index contributed by atoms with van der Waals surface area (Å²) in [6.07, 6.45) is 1.50. The van der Waals surface area contributed by atoms with Crippen LogP contribution in [0.1, 0.15) is 0 Å². The summed E-state index contributed by atoms with van der Waals surface area (Å²) in [7, 11) is 0. The predicted octanol–water partition coefficient (Wildman–Crippen LogP) is 3.16.